The molecule has 0 unspecified atom stereocenters. The number of hydrogen-bond acceptors (Lipinski definition) is 2. The maximum absolute atomic E-state index is 11.8. The lowest BCUT2D eigenvalue weighted by atomic mass is 10.2. The topological polar surface area (TPSA) is 39.1 Å². The molecule has 0 atom stereocenters. The summed E-state index contributed by atoms with van der Waals surface area (Å²) in [7, 11) is -2.91. The van der Waals surface area contributed by atoms with E-state index in [1.165, 1.54) is 5.39 Å². The van der Waals surface area contributed by atoms with Crippen LogP contribution in [0.15, 0.2) is 30.3 Å². The molecule has 0 aliphatic heterocycles. The van der Waals surface area contributed by atoms with E-state index in [0.29, 0.717) is 13.0 Å². The van der Waals surface area contributed by atoms with Gasteiger partial charge in [0.15, 0.2) is 9.84 Å². The van der Waals surface area contributed by atoms with Crippen LogP contribution in [0, 0.1) is 6.92 Å². The number of hydrogen-bond donors (Lipinski definition) is 0. The molecule has 18 heavy (non-hydrogen) atoms. The van der Waals surface area contributed by atoms with Gasteiger partial charge in [-0.25, -0.2) is 8.42 Å². The number of sulfone groups is 1. The van der Waals surface area contributed by atoms with Crippen LogP contribution >= 0.6 is 0 Å². The van der Waals surface area contributed by atoms with E-state index in [0.717, 1.165) is 11.2 Å². The average molecular weight is 265 g/mol. The molecular weight excluding hydrogens is 246 g/mol. The van der Waals surface area contributed by atoms with Crippen LogP contribution < -0.4 is 0 Å². The predicted molar refractivity (Wildman–Crippen MR) is 75.6 cm³/mol. The lowest BCUT2D eigenvalue weighted by Gasteiger charge is -2.08. The van der Waals surface area contributed by atoms with E-state index in [1.54, 1.807) is 0 Å². The van der Waals surface area contributed by atoms with Crippen molar-refractivity contribution in [3.8, 4) is 0 Å². The second-order valence-electron chi connectivity index (χ2n) is 4.65. The molecule has 0 saturated heterocycles. The van der Waals surface area contributed by atoms with Crippen molar-refractivity contribution in [1.29, 1.82) is 0 Å². The highest BCUT2D eigenvalue weighted by atomic mass is 32.2. The van der Waals surface area contributed by atoms with Gasteiger partial charge in [-0.15, -0.1) is 0 Å². The van der Waals surface area contributed by atoms with Crippen molar-refractivity contribution in [3.63, 3.8) is 0 Å². The molecule has 0 radical (unpaired) electrons. The van der Waals surface area contributed by atoms with Crippen molar-refractivity contribution in [2.45, 2.75) is 26.8 Å². The van der Waals surface area contributed by atoms with E-state index in [4.69, 9.17) is 0 Å². The molecular formula is C14H19NO2S. The number of rotatable bonds is 5. The summed E-state index contributed by atoms with van der Waals surface area (Å²) >= 11 is 0. The highest BCUT2D eigenvalue weighted by Gasteiger charge is 2.11. The summed E-state index contributed by atoms with van der Waals surface area (Å²) in [5, 5.41) is 1.17. The monoisotopic (exact) mass is 265 g/mol. The summed E-state index contributed by atoms with van der Waals surface area (Å²) in [5.41, 5.74) is 2.23. The summed E-state index contributed by atoms with van der Waals surface area (Å²) in [5.74, 6) is 0.506. The Labute approximate surface area is 108 Å². The maximum atomic E-state index is 11.8. The fourth-order valence-corrected chi connectivity index (χ4v) is 3.58. The first kappa shape index (κ1) is 13.1. The number of benzene rings is 1. The molecule has 0 aliphatic carbocycles. The molecule has 1 aromatic carbocycles. The van der Waals surface area contributed by atoms with Gasteiger partial charge in [0.1, 0.15) is 0 Å². The number of nitrogens with zero attached hydrogens (tertiary/aromatic N) is 1. The molecule has 2 aromatic rings. The fourth-order valence-electron chi connectivity index (χ4n) is 2.29. The summed E-state index contributed by atoms with van der Waals surface area (Å²) in [6.07, 6.45) is 0.688. The molecule has 0 fully saturated rings. The highest BCUT2D eigenvalue weighted by Crippen LogP contribution is 2.19. The highest BCUT2D eigenvalue weighted by molar-refractivity contribution is 7.91. The zero-order chi connectivity index (χ0) is 13.2. The van der Waals surface area contributed by atoms with Crippen molar-refractivity contribution in [1.82, 2.24) is 4.57 Å². The van der Waals surface area contributed by atoms with Crippen molar-refractivity contribution in [3.05, 3.63) is 36.0 Å². The Morgan fingerprint density at radius 3 is 2.61 bits per heavy atom. The minimum absolute atomic E-state index is 0.223. The van der Waals surface area contributed by atoms with Gasteiger partial charge in [-0.2, -0.15) is 0 Å². The molecule has 0 bridgehead atoms. The molecule has 0 amide bonds. The van der Waals surface area contributed by atoms with Crippen LogP contribution in [-0.4, -0.2) is 24.5 Å². The van der Waals surface area contributed by atoms with Gasteiger partial charge >= 0.3 is 0 Å². The predicted octanol–water partition coefficient (Wildman–Crippen LogP) is 2.77. The van der Waals surface area contributed by atoms with E-state index in [2.05, 4.69) is 16.7 Å². The average Bonchev–Trinajstić information content (AvgIpc) is 2.62. The number of aryl methyl sites for hydroxylation is 2. The molecule has 98 valence electrons. The molecule has 0 aliphatic rings. The van der Waals surface area contributed by atoms with Crippen LogP contribution in [0.25, 0.3) is 10.9 Å². The van der Waals surface area contributed by atoms with Crippen LogP contribution in [0.5, 0.6) is 0 Å². The first-order chi connectivity index (χ1) is 8.53. The van der Waals surface area contributed by atoms with Crippen LogP contribution in [0.3, 0.4) is 0 Å². The quantitative estimate of drug-likeness (QED) is 0.834. The van der Waals surface area contributed by atoms with Crippen LogP contribution in [0.2, 0.25) is 0 Å². The van der Waals surface area contributed by atoms with Crippen LogP contribution in [-0.2, 0) is 16.4 Å². The van der Waals surface area contributed by atoms with Gasteiger partial charge in [-0.3, -0.25) is 0 Å². The van der Waals surface area contributed by atoms with Crippen molar-refractivity contribution in [2.24, 2.45) is 0 Å². The summed E-state index contributed by atoms with van der Waals surface area (Å²) < 4.78 is 25.6. The molecule has 2 rings (SSSR count). The van der Waals surface area contributed by atoms with Gasteiger partial charge in [0, 0.05) is 23.5 Å². The van der Waals surface area contributed by atoms with Crippen LogP contribution in [0.1, 0.15) is 19.0 Å². The fraction of sp³-hybridized carbons (Fsp3) is 0.429. The normalized spacial score (nSPS) is 12.1. The Morgan fingerprint density at radius 2 is 1.89 bits per heavy atom. The molecule has 3 nitrogen and oxygen atoms in total. The van der Waals surface area contributed by atoms with E-state index in [9.17, 15) is 8.42 Å². The van der Waals surface area contributed by atoms with E-state index in [1.807, 2.05) is 32.0 Å². The molecule has 0 N–H and O–H groups in total. The van der Waals surface area contributed by atoms with E-state index < -0.39 is 9.84 Å². The van der Waals surface area contributed by atoms with Gasteiger partial charge in [0.2, 0.25) is 0 Å². The third-order valence-corrected chi connectivity index (χ3v) is 4.99. The Bertz CT molecular complexity index is 641. The minimum Gasteiger partial charge on any atom is -0.344 e. The number of aromatic nitrogens is 1. The van der Waals surface area contributed by atoms with Crippen LogP contribution in [0.4, 0.5) is 0 Å². The Balaban J connectivity index is 2.25. The maximum Gasteiger partial charge on any atom is 0.152 e. The Kier molecular flexibility index (Phi) is 3.76. The lowest BCUT2D eigenvalue weighted by Crippen LogP contribution is -2.16. The van der Waals surface area contributed by atoms with Crippen molar-refractivity contribution < 1.29 is 8.42 Å². The summed E-state index contributed by atoms with van der Waals surface area (Å²) in [4.78, 5) is 0. The summed E-state index contributed by atoms with van der Waals surface area (Å²) in [6.45, 7) is 4.46. The second kappa shape index (κ2) is 5.14. The number of para-hydroxylation sites is 1. The van der Waals surface area contributed by atoms with Crippen molar-refractivity contribution in [2.75, 3.05) is 11.5 Å². The third kappa shape index (κ3) is 2.75. The van der Waals surface area contributed by atoms with Gasteiger partial charge in [-0.1, -0.05) is 25.1 Å². The van der Waals surface area contributed by atoms with Crippen molar-refractivity contribution >= 4 is 20.7 Å². The Hall–Kier alpha value is -1.29. The first-order valence-electron chi connectivity index (χ1n) is 6.29. The van der Waals surface area contributed by atoms with Gasteiger partial charge in [0.25, 0.3) is 0 Å². The van der Waals surface area contributed by atoms with Gasteiger partial charge in [-0.05, 0) is 30.9 Å². The minimum atomic E-state index is -2.91. The first-order valence-corrected chi connectivity index (χ1v) is 8.11. The van der Waals surface area contributed by atoms with Gasteiger partial charge < -0.3 is 4.57 Å². The van der Waals surface area contributed by atoms with E-state index in [-0.39, 0.29) is 11.5 Å². The lowest BCUT2D eigenvalue weighted by molar-refractivity contribution is 0.588. The largest absolute Gasteiger partial charge is 0.344 e. The zero-order valence-corrected chi connectivity index (χ0v) is 11.7. The Morgan fingerprint density at radius 1 is 1.17 bits per heavy atom. The molecule has 1 aromatic heterocycles. The molecule has 0 spiro atoms. The third-order valence-electron chi connectivity index (χ3n) is 3.16. The van der Waals surface area contributed by atoms with E-state index >= 15 is 0 Å². The molecule has 1 heterocycles. The molecule has 4 heteroatoms. The number of fused-ring (bicyclic) bond motifs is 1. The SMILES string of the molecule is CCCS(=O)(=O)CCn1c(C)cc2ccccc21. The molecule has 0 saturated carbocycles. The van der Waals surface area contributed by atoms with Gasteiger partial charge in [0.05, 0.1) is 5.75 Å². The smallest absolute Gasteiger partial charge is 0.152 e. The standard InChI is InChI=1S/C14H19NO2S/c1-3-9-18(16,17)10-8-15-12(2)11-13-6-4-5-7-14(13)15/h4-7,11H,3,8-10H2,1-2H3. The zero-order valence-electron chi connectivity index (χ0n) is 10.9. The summed E-state index contributed by atoms with van der Waals surface area (Å²) in [6, 6.07) is 10.2. The second-order valence-corrected chi connectivity index (χ2v) is 6.95.